The van der Waals surface area contributed by atoms with E-state index in [1.54, 1.807) is 18.2 Å². The number of hydrogen-bond acceptors (Lipinski definition) is 2. The van der Waals surface area contributed by atoms with Gasteiger partial charge in [0, 0.05) is 11.6 Å². The van der Waals surface area contributed by atoms with Crippen molar-refractivity contribution in [1.82, 2.24) is 5.32 Å². The summed E-state index contributed by atoms with van der Waals surface area (Å²) in [4.78, 5) is 11.4. The summed E-state index contributed by atoms with van der Waals surface area (Å²) in [5, 5.41) is 13.2. The van der Waals surface area contributed by atoms with E-state index in [1.807, 2.05) is 0 Å². The van der Waals surface area contributed by atoms with Crippen LogP contribution in [0.5, 0.6) is 0 Å². The second kappa shape index (κ2) is 5.91. The summed E-state index contributed by atoms with van der Waals surface area (Å²) in [6, 6.07) is 4.53. The Morgan fingerprint density at radius 2 is 2.00 bits per heavy atom. The van der Waals surface area contributed by atoms with Crippen LogP contribution < -0.4 is 5.32 Å². The summed E-state index contributed by atoms with van der Waals surface area (Å²) in [6.45, 7) is 0. The van der Waals surface area contributed by atoms with E-state index < -0.39 is 12.0 Å². The molecule has 0 heterocycles. The summed E-state index contributed by atoms with van der Waals surface area (Å²) in [5.41, 5.74) is 0.531. The molecule has 1 unspecified atom stereocenters. The molecular weight excluding hydrogens is 273 g/mol. The number of aliphatic carboxylic acids is 1. The van der Waals surface area contributed by atoms with E-state index in [0.717, 1.165) is 25.7 Å². The van der Waals surface area contributed by atoms with E-state index in [0.29, 0.717) is 15.6 Å². The molecule has 1 fully saturated rings. The maximum atomic E-state index is 11.4. The van der Waals surface area contributed by atoms with Gasteiger partial charge in [-0.05, 0) is 18.9 Å². The molecule has 0 radical (unpaired) electrons. The van der Waals surface area contributed by atoms with Crippen LogP contribution in [-0.4, -0.2) is 17.1 Å². The molecule has 2 N–H and O–H groups in total. The molecule has 5 heteroatoms. The molecule has 0 bridgehead atoms. The van der Waals surface area contributed by atoms with Crippen LogP contribution in [0.3, 0.4) is 0 Å². The van der Waals surface area contributed by atoms with Gasteiger partial charge in [0.05, 0.1) is 10.0 Å². The predicted molar refractivity (Wildman–Crippen MR) is 72.2 cm³/mol. The Kier molecular flexibility index (Phi) is 4.49. The lowest BCUT2D eigenvalue weighted by atomic mass is 10.1. The van der Waals surface area contributed by atoms with Crippen LogP contribution in [-0.2, 0) is 4.79 Å². The van der Waals surface area contributed by atoms with Crippen molar-refractivity contribution < 1.29 is 9.90 Å². The fraction of sp³-hybridized carbons (Fsp3) is 0.462. The van der Waals surface area contributed by atoms with E-state index in [-0.39, 0.29) is 6.04 Å². The smallest absolute Gasteiger partial charge is 0.325 e. The topological polar surface area (TPSA) is 49.3 Å². The Hall–Kier alpha value is -0.770. The Morgan fingerprint density at radius 1 is 1.33 bits per heavy atom. The normalized spacial score (nSPS) is 17.9. The third-order valence-electron chi connectivity index (χ3n) is 3.30. The lowest BCUT2D eigenvalue weighted by Crippen LogP contribution is -2.35. The van der Waals surface area contributed by atoms with Gasteiger partial charge in [-0.3, -0.25) is 10.1 Å². The molecule has 3 nitrogen and oxygen atoms in total. The highest BCUT2D eigenvalue weighted by Crippen LogP contribution is 2.31. The molecule has 2 rings (SSSR count). The van der Waals surface area contributed by atoms with Gasteiger partial charge in [-0.25, -0.2) is 0 Å². The van der Waals surface area contributed by atoms with E-state index in [4.69, 9.17) is 23.2 Å². The number of carboxylic acids is 1. The number of carboxylic acid groups (broad SMARTS) is 1. The van der Waals surface area contributed by atoms with Crippen molar-refractivity contribution in [2.45, 2.75) is 37.8 Å². The molecule has 1 aromatic rings. The maximum absolute atomic E-state index is 11.4. The average molecular weight is 288 g/mol. The third-order valence-corrected chi connectivity index (χ3v) is 4.13. The van der Waals surface area contributed by atoms with Crippen molar-refractivity contribution in [2.75, 3.05) is 0 Å². The molecule has 18 heavy (non-hydrogen) atoms. The number of hydrogen-bond donors (Lipinski definition) is 2. The third kappa shape index (κ3) is 2.97. The van der Waals surface area contributed by atoms with Crippen molar-refractivity contribution in [1.29, 1.82) is 0 Å². The zero-order chi connectivity index (χ0) is 13.1. The fourth-order valence-corrected chi connectivity index (χ4v) is 2.78. The Bertz CT molecular complexity index is 445. The van der Waals surface area contributed by atoms with Gasteiger partial charge < -0.3 is 5.11 Å². The van der Waals surface area contributed by atoms with Crippen molar-refractivity contribution in [3.8, 4) is 0 Å². The Balaban J connectivity index is 2.23. The zero-order valence-electron chi connectivity index (χ0n) is 9.83. The molecule has 1 aromatic carbocycles. The van der Waals surface area contributed by atoms with Gasteiger partial charge >= 0.3 is 5.97 Å². The lowest BCUT2D eigenvalue weighted by molar-refractivity contribution is -0.139. The summed E-state index contributed by atoms with van der Waals surface area (Å²) >= 11 is 12.0. The molecule has 0 spiro atoms. The van der Waals surface area contributed by atoms with Crippen LogP contribution in [0.4, 0.5) is 0 Å². The first-order valence-corrected chi connectivity index (χ1v) is 6.78. The van der Waals surface area contributed by atoms with Crippen LogP contribution >= 0.6 is 23.2 Å². The minimum atomic E-state index is -0.925. The molecule has 1 aliphatic carbocycles. The Morgan fingerprint density at radius 3 is 2.61 bits per heavy atom. The van der Waals surface area contributed by atoms with E-state index in [9.17, 15) is 9.90 Å². The highest BCUT2D eigenvalue weighted by Gasteiger charge is 2.27. The molecule has 1 aliphatic rings. The molecule has 0 saturated heterocycles. The fourth-order valence-electron chi connectivity index (χ4n) is 2.37. The number of benzene rings is 1. The van der Waals surface area contributed by atoms with Gasteiger partial charge in [-0.15, -0.1) is 0 Å². The minimum absolute atomic E-state index is 0.251. The van der Waals surface area contributed by atoms with Gasteiger partial charge in [0.15, 0.2) is 0 Å². The molecule has 1 saturated carbocycles. The minimum Gasteiger partial charge on any atom is -0.480 e. The van der Waals surface area contributed by atoms with Crippen LogP contribution in [0.2, 0.25) is 10.0 Å². The van der Waals surface area contributed by atoms with Gasteiger partial charge in [-0.2, -0.15) is 0 Å². The van der Waals surface area contributed by atoms with Crippen molar-refractivity contribution in [3.63, 3.8) is 0 Å². The van der Waals surface area contributed by atoms with Gasteiger partial charge in [0.1, 0.15) is 6.04 Å². The van der Waals surface area contributed by atoms with Crippen molar-refractivity contribution in [2.24, 2.45) is 0 Å². The van der Waals surface area contributed by atoms with Crippen LogP contribution in [0.25, 0.3) is 0 Å². The first-order chi connectivity index (χ1) is 8.59. The van der Waals surface area contributed by atoms with Gasteiger partial charge in [0.25, 0.3) is 0 Å². The van der Waals surface area contributed by atoms with Crippen molar-refractivity contribution in [3.05, 3.63) is 33.8 Å². The first kappa shape index (κ1) is 13.7. The molecular formula is C13H15Cl2NO2. The van der Waals surface area contributed by atoms with Crippen LogP contribution in [0, 0.1) is 0 Å². The van der Waals surface area contributed by atoms with Crippen LogP contribution in [0.1, 0.15) is 37.3 Å². The lowest BCUT2D eigenvalue weighted by Gasteiger charge is -2.21. The molecule has 0 amide bonds. The van der Waals surface area contributed by atoms with Gasteiger partial charge in [0.2, 0.25) is 0 Å². The van der Waals surface area contributed by atoms with E-state index in [1.165, 1.54) is 0 Å². The second-order valence-corrected chi connectivity index (χ2v) is 5.35. The molecule has 1 atom stereocenters. The first-order valence-electron chi connectivity index (χ1n) is 6.02. The predicted octanol–water partition coefficient (Wildman–Crippen LogP) is 3.65. The summed E-state index contributed by atoms with van der Waals surface area (Å²) in [6.07, 6.45) is 4.32. The standard InChI is InChI=1S/C13H15Cl2NO2/c14-10-7-3-6-9(11(10)15)12(13(17)18)16-8-4-1-2-5-8/h3,6-8,12,16H,1-2,4-5H2,(H,17,18). The monoisotopic (exact) mass is 287 g/mol. The number of halogens is 2. The molecule has 0 aromatic heterocycles. The van der Waals surface area contributed by atoms with E-state index >= 15 is 0 Å². The summed E-state index contributed by atoms with van der Waals surface area (Å²) in [5.74, 6) is -0.925. The zero-order valence-corrected chi connectivity index (χ0v) is 11.3. The van der Waals surface area contributed by atoms with E-state index in [2.05, 4.69) is 5.32 Å². The molecule has 0 aliphatic heterocycles. The molecule has 98 valence electrons. The number of rotatable bonds is 4. The highest BCUT2D eigenvalue weighted by atomic mass is 35.5. The summed E-state index contributed by atoms with van der Waals surface area (Å²) < 4.78 is 0. The maximum Gasteiger partial charge on any atom is 0.325 e. The highest BCUT2D eigenvalue weighted by molar-refractivity contribution is 6.42. The average Bonchev–Trinajstić information content (AvgIpc) is 2.83. The Labute approximate surface area is 116 Å². The van der Waals surface area contributed by atoms with Crippen molar-refractivity contribution >= 4 is 29.2 Å². The SMILES string of the molecule is O=C(O)C(NC1CCCC1)c1cccc(Cl)c1Cl. The van der Waals surface area contributed by atoms with Crippen LogP contribution in [0.15, 0.2) is 18.2 Å². The number of nitrogens with one attached hydrogen (secondary N) is 1. The quantitative estimate of drug-likeness (QED) is 0.889. The number of carbonyl (C=O) groups is 1. The second-order valence-electron chi connectivity index (χ2n) is 4.56. The largest absolute Gasteiger partial charge is 0.480 e. The van der Waals surface area contributed by atoms with Gasteiger partial charge in [-0.1, -0.05) is 48.2 Å². The summed E-state index contributed by atoms with van der Waals surface area (Å²) in [7, 11) is 0.